The number of nitrogens with zero attached hydrogens (tertiary/aromatic N) is 2. The molecule has 0 fully saturated rings. The van der Waals surface area contributed by atoms with Gasteiger partial charge in [-0.05, 0) is 41.8 Å². The van der Waals surface area contributed by atoms with Gasteiger partial charge in [0.25, 0.3) is 5.91 Å². The summed E-state index contributed by atoms with van der Waals surface area (Å²) in [6.45, 7) is 0.301. The molecule has 140 valence electrons. The Morgan fingerprint density at radius 3 is 2.64 bits per heavy atom. The first-order valence-corrected chi connectivity index (χ1v) is 8.77. The number of nitrogens with two attached hydrogens (primary N) is 1. The van der Waals surface area contributed by atoms with Crippen molar-refractivity contribution in [2.45, 2.75) is 12.5 Å². The second-order valence-corrected chi connectivity index (χ2v) is 6.65. The van der Waals surface area contributed by atoms with Crippen LogP contribution in [0.25, 0.3) is 10.9 Å². The van der Waals surface area contributed by atoms with Crippen LogP contribution < -0.4 is 5.73 Å². The van der Waals surface area contributed by atoms with Gasteiger partial charge in [-0.1, -0.05) is 24.3 Å². The van der Waals surface area contributed by atoms with Crippen LogP contribution in [0, 0.1) is 0 Å². The quantitative estimate of drug-likeness (QED) is 0.728. The fourth-order valence-corrected chi connectivity index (χ4v) is 3.71. The lowest BCUT2D eigenvalue weighted by Gasteiger charge is -2.35. The molecule has 0 radical (unpaired) electrons. The highest BCUT2D eigenvalue weighted by molar-refractivity contribution is 6.07. The van der Waals surface area contributed by atoms with Crippen LogP contribution in [-0.2, 0) is 11.2 Å². The first kappa shape index (κ1) is 17.7. The summed E-state index contributed by atoms with van der Waals surface area (Å²) in [4.78, 5) is 42.6. The number of rotatable bonds is 3. The maximum atomic E-state index is 13.3. The van der Waals surface area contributed by atoms with Crippen molar-refractivity contribution >= 4 is 28.7 Å². The minimum atomic E-state index is -1.10. The van der Waals surface area contributed by atoms with Gasteiger partial charge in [0.1, 0.15) is 6.04 Å². The third-order valence-electron chi connectivity index (χ3n) is 5.01. The number of carboxylic acid groups (broad SMARTS) is 1. The molecule has 3 aromatic rings. The Balaban J connectivity index is 1.81. The summed E-state index contributed by atoms with van der Waals surface area (Å²) in [5.74, 6) is -2.17. The molecule has 2 heterocycles. The molecule has 0 spiro atoms. The number of aromatic nitrogens is 1. The van der Waals surface area contributed by atoms with Gasteiger partial charge in [-0.15, -0.1) is 0 Å². The van der Waals surface area contributed by atoms with E-state index >= 15 is 0 Å². The smallest absolute Gasteiger partial charge is 0.335 e. The van der Waals surface area contributed by atoms with Crippen LogP contribution in [0.2, 0.25) is 0 Å². The molecule has 0 saturated heterocycles. The molecule has 1 unspecified atom stereocenters. The van der Waals surface area contributed by atoms with Crippen LogP contribution >= 0.6 is 0 Å². The lowest BCUT2D eigenvalue weighted by molar-refractivity contribution is -0.123. The molecule has 2 aromatic carbocycles. The van der Waals surface area contributed by atoms with Gasteiger partial charge in [-0.25, -0.2) is 4.79 Å². The molecular weight excluding hydrogens is 358 g/mol. The zero-order valence-electron chi connectivity index (χ0n) is 14.8. The normalized spacial score (nSPS) is 15.9. The Bertz CT molecular complexity index is 1120. The number of amides is 2. The number of carbonyl (C=O) groups excluding carboxylic acids is 2. The summed E-state index contributed by atoms with van der Waals surface area (Å²) in [7, 11) is 0. The highest BCUT2D eigenvalue weighted by atomic mass is 16.4. The average Bonchev–Trinajstić information content (AvgIpc) is 2.71. The van der Waals surface area contributed by atoms with E-state index in [2.05, 4.69) is 4.98 Å². The average molecular weight is 375 g/mol. The van der Waals surface area contributed by atoms with E-state index in [0.717, 1.165) is 10.9 Å². The Morgan fingerprint density at radius 2 is 1.89 bits per heavy atom. The fourth-order valence-electron chi connectivity index (χ4n) is 3.71. The first-order chi connectivity index (χ1) is 13.5. The van der Waals surface area contributed by atoms with Crippen molar-refractivity contribution in [2.75, 3.05) is 6.54 Å². The van der Waals surface area contributed by atoms with Crippen molar-refractivity contribution in [3.8, 4) is 0 Å². The maximum Gasteiger partial charge on any atom is 0.335 e. The van der Waals surface area contributed by atoms with Crippen molar-refractivity contribution in [1.29, 1.82) is 0 Å². The largest absolute Gasteiger partial charge is 0.478 e. The van der Waals surface area contributed by atoms with Crippen LogP contribution in [-0.4, -0.2) is 39.3 Å². The monoisotopic (exact) mass is 375 g/mol. The Labute approximate surface area is 160 Å². The number of aromatic carboxylic acids is 1. The molecule has 2 amide bonds. The molecule has 0 saturated carbocycles. The predicted molar refractivity (Wildman–Crippen MR) is 102 cm³/mol. The molecule has 7 heteroatoms. The van der Waals surface area contributed by atoms with Gasteiger partial charge in [-0.2, -0.15) is 0 Å². The molecule has 1 aromatic heterocycles. The van der Waals surface area contributed by atoms with E-state index in [1.807, 2.05) is 12.1 Å². The van der Waals surface area contributed by atoms with Gasteiger partial charge in [0.2, 0.25) is 5.91 Å². The second kappa shape index (κ2) is 6.77. The zero-order valence-corrected chi connectivity index (χ0v) is 14.8. The Morgan fingerprint density at radius 1 is 1.11 bits per heavy atom. The van der Waals surface area contributed by atoms with Crippen molar-refractivity contribution in [3.05, 3.63) is 77.0 Å². The van der Waals surface area contributed by atoms with E-state index in [9.17, 15) is 19.5 Å². The van der Waals surface area contributed by atoms with Crippen LogP contribution in [0.5, 0.6) is 0 Å². The molecule has 1 aliphatic heterocycles. The number of primary amides is 1. The number of benzene rings is 2. The molecule has 1 aliphatic rings. The van der Waals surface area contributed by atoms with Gasteiger partial charge in [0.15, 0.2) is 0 Å². The zero-order chi connectivity index (χ0) is 19.8. The van der Waals surface area contributed by atoms with Crippen LogP contribution in [0.4, 0.5) is 0 Å². The van der Waals surface area contributed by atoms with Gasteiger partial charge < -0.3 is 15.7 Å². The summed E-state index contributed by atoms with van der Waals surface area (Å²) in [5.41, 5.74) is 7.87. The van der Waals surface area contributed by atoms with Crippen molar-refractivity contribution in [3.63, 3.8) is 0 Å². The van der Waals surface area contributed by atoms with Crippen molar-refractivity contribution < 1.29 is 19.5 Å². The van der Waals surface area contributed by atoms with Gasteiger partial charge >= 0.3 is 5.97 Å². The minimum Gasteiger partial charge on any atom is -0.478 e. The van der Waals surface area contributed by atoms with E-state index in [1.54, 1.807) is 30.5 Å². The minimum absolute atomic E-state index is 0.0473. The number of pyridine rings is 1. The van der Waals surface area contributed by atoms with E-state index in [4.69, 9.17) is 5.73 Å². The highest BCUT2D eigenvalue weighted by Gasteiger charge is 2.36. The van der Waals surface area contributed by atoms with Gasteiger partial charge in [0.05, 0.1) is 16.6 Å². The highest BCUT2D eigenvalue weighted by Crippen LogP contribution is 2.32. The molecule has 7 nitrogen and oxygen atoms in total. The van der Waals surface area contributed by atoms with Crippen molar-refractivity contribution in [2.24, 2.45) is 5.73 Å². The molecule has 4 rings (SSSR count). The number of carbonyl (C=O) groups is 3. The predicted octanol–water partition coefficient (Wildman–Crippen LogP) is 2.16. The SMILES string of the molecule is NC(=O)C1c2cc(C(=O)O)ccc2CCN1C(=O)c1cccc2cccnc12. The number of para-hydroxylation sites is 1. The van der Waals surface area contributed by atoms with Crippen molar-refractivity contribution in [1.82, 2.24) is 9.88 Å². The topological polar surface area (TPSA) is 114 Å². The summed E-state index contributed by atoms with van der Waals surface area (Å²) < 4.78 is 0. The summed E-state index contributed by atoms with van der Waals surface area (Å²) >= 11 is 0. The third kappa shape index (κ3) is 2.87. The lowest BCUT2D eigenvalue weighted by atomic mass is 9.89. The first-order valence-electron chi connectivity index (χ1n) is 8.77. The fraction of sp³-hybridized carbons (Fsp3) is 0.143. The standard InChI is InChI=1S/C21H17N3O4/c22-19(25)18-16-11-14(21(27)28)7-6-12(16)8-10-24(18)20(26)15-5-1-3-13-4-2-9-23-17(13)15/h1-7,9,11,18H,8,10H2,(H2,22,25)(H,27,28). The van der Waals surface area contributed by atoms with E-state index < -0.39 is 17.9 Å². The Kier molecular flexibility index (Phi) is 4.27. The van der Waals surface area contributed by atoms with E-state index in [1.165, 1.54) is 17.0 Å². The van der Waals surface area contributed by atoms with Gasteiger partial charge in [0, 0.05) is 18.1 Å². The molecule has 1 atom stereocenters. The molecule has 0 bridgehead atoms. The van der Waals surface area contributed by atoms with E-state index in [0.29, 0.717) is 29.6 Å². The molecule has 3 N–H and O–H groups in total. The number of hydrogen-bond acceptors (Lipinski definition) is 4. The molecule has 0 aliphatic carbocycles. The number of fused-ring (bicyclic) bond motifs is 2. The lowest BCUT2D eigenvalue weighted by Crippen LogP contribution is -2.46. The van der Waals surface area contributed by atoms with Crippen LogP contribution in [0.3, 0.4) is 0 Å². The molecule has 28 heavy (non-hydrogen) atoms. The summed E-state index contributed by atoms with van der Waals surface area (Å²) in [6.07, 6.45) is 2.11. The third-order valence-corrected chi connectivity index (χ3v) is 5.01. The number of hydrogen-bond donors (Lipinski definition) is 2. The van der Waals surface area contributed by atoms with Gasteiger partial charge in [-0.3, -0.25) is 14.6 Å². The number of carboxylic acids is 1. The maximum absolute atomic E-state index is 13.3. The summed E-state index contributed by atoms with van der Waals surface area (Å²) in [5, 5.41) is 10.1. The van der Waals surface area contributed by atoms with E-state index in [-0.39, 0.29) is 11.5 Å². The Hall–Kier alpha value is -3.74. The summed E-state index contributed by atoms with van der Waals surface area (Å²) in [6, 6.07) is 12.5. The van der Waals surface area contributed by atoms with Crippen LogP contribution in [0.15, 0.2) is 54.7 Å². The van der Waals surface area contributed by atoms with Crippen LogP contribution in [0.1, 0.15) is 37.9 Å². The second-order valence-electron chi connectivity index (χ2n) is 6.65. The molecular formula is C21H17N3O4.